The number of nitrogens with zero attached hydrogens (tertiary/aromatic N) is 10. The molecule has 0 aliphatic carbocycles. The Morgan fingerprint density at radius 3 is 1.50 bits per heavy atom. The molecule has 0 bridgehead atoms. The van der Waals surface area contributed by atoms with E-state index in [-0.39, 0.29) is 118 Å². The van der Waals surface area contributed by atoms with E-state index in [1.807, 2.05) is 172 Å². The Bertz CT molecular complexity index is 4800. The number of rotatable bonds is 27. The van der Waals surface area contributed by atoms with Crippen LogP contribution in [-0.4, -0.2) is 163 Å². The highest BCUT2D eigenvalue weighted by atomic mass is 32.1. The maximum atomic E-state index is 13.9. The maximum absolute atomic E-state index is 13.9. The number of aryl methyl sites for hydroxylation is 5. The van der Waals surface area contributed by atoms with Crippen LogP contribution in [0.4, 0.5) is 0 Å². The smallest absolute Gasteiger partial charge is 0.254 e. The van der Waals surface area contributed by atoms with Crippen molar-refractivity contribution >= 4 is 69.2 Å². The number of benzene rings is 4. The molecule has 24 nitrogen and oxygen atoms in total. The average Bonchev–Trinajstić information content (AvgIpc) is 1.67. The highest BCUT2D eigenvalue weighted by molar-refractivity contribution is 7.14. The van der Waals surface area contributed by atoms with Crippen LogP contribution in [0.2, 0.25) is 0 Å². The molecule has 11 atom stereocenters. The fourth-order valence-electron chi connectivity index (χ4n) is 15.0. The van der Waals surface area contributed by atoms with E-state index in [1.54, 1.807) is 75.0 Å². The van der Waals surface area contributed by atoms with Gasteiger partial charge in [0.2, 0.25) is 23.6 Å². The third kappa shape index (κ3) is 20.7. The molecule has 0 spiro atoms. The number of Topliss-reactive ketones (excluding diaryl/α,β-unsaturated/α-hetero) is 2. The lowest BCUT2D eigenvalue weighted by Gasteiger charge is -2.30. The van der Waals surface area contributed by atoms with Gasteiger partial charge in [-0.25, -0.2) is 15.0 Å². The van der Waals surface area contributed by atoms with Crippen molar-refractivity contribution in [2.45, 2.75) is 202 Å². The van der Waals surface area contributed by atoms with Crippen molar-refractivity contribution in [3.05, 3.63) is 195 Å². The number of nitrogens with one attached hydrogen (secondary N) is 1. The third-order valence-corrected chi connectivity index (χ3v) is 23.9. The van der Waals surface area contributed by atoms with Gasteiger partial charge in [-0.2, -0.15) is 5.10 Å². The van der Waals surface area contributed by atoms with Gasteiger partial charge in [0.05, 0.1) is 110 Å². The minimum atomic E-state index is -0.754. The van der Waals surface area contributed by atoms with Gasteiger partial charge < -0.3 is 53.9 Å². The number of hydrogen-bond donors (Lipinski definition) is 4. The number of likely N-dealkylation sites (tertiary alicyclic amines) is 3. The van der Waals surface area contributed by atoms with Crippen LogP contribution >= 0.6 is 34.0 Å². The van der Waals surface area contributed by atoms with Crippen LogP contribution < -0.4 is 14.8 Å². The molecule has 600 valence electrons. The minimum absolute atomic E-state index is 0. The highest BCUT2D eigenvalue weighted by Gasteiger charge is 2.46. The number of carbonyl (C=O) groups is 6. The fourth-order valence-corrected chi connectivity index (χ4v) is 17.4. The van der Waals surface area contributed by atoms with Gasteiger partial charge in [0, 0.05) is 63.9 Å². The van der Waals surface area contributed by atoms with Crippen molar-refractivity contribution in [2.75, 3.05) is 26.7 Å². The summed E-state index contributed by atoms with van der Waals surface area (Å²) in [6, 6.07) is 34.4. The number of ether oxygens (including phenoxy) is 2. The number of carbonyl (C=O) groups excluding carboxylic acids is 6. The van der Waals surface area contributed by atoms with Crippen LogP contribution in [-0.2, 0) is 35.2 Å². The molecule has 10 aromatic rings. The second kappa shape index (κ2) is 38.8. The molecule has 4 amide bonds. The molecule has 0 unspecified atom stereocenters. The van der Waals surface area contributed by atoms with E-state index < -0.39 is 54.3 Å². The van der Waals surface area contributed by atoms with E-state index in [1.165, 1.54) is 16.9 Å². The van der Waals surface area contributed by atoms with Crippen molar-refractivity contribution in [1.29, 1.82) is 0 Å². The molecule has 6 aromatic heterocycles. The SMILES string of the molecule is C.CC[C@H](NC(=O)[C@@H]1C[C@@H](O)CN1C(=O)[C@@H](c1cc(C)no1)C(C)C)c1ccc(-c2scnc2C)cc1.COc1cc([C@H](C(=O)N2C[C@H](O)C[C@H]2C(=O)CCc2ccc(-c3scnc3C)cc2)C(C)C)on1.Cc1ncsc1-c1ccc([C@H](C)CC(=O)[C@@H]2C[C@@H](O)CN2C(=O)[C@H](C(C)C)n2cc(Oc3ccccc3)cn2)cc1. The van der Waals surface area contributed by atoms with E-state index in [0.29, 0.717) is 53.9 Å². The number of ketones is 2. The van der Waals surface area contributed by atoms with Crippen LogP contribution in [0.3, 0.4) is 0 Å². The van der Waals surface area contributed by atoms with Gasteiger partial charge in [0.1, 0.15) is 35.4 Å². The van der Waals surface area contributed by atoms with E-state index in [4.69, 9.17) is 18.5 Å². The number of methoxy groups -OCH3 is 1. The van der Waals surface area contributed by atoms with Crippen molar-refractivity contribution in [3.8, 4) is 48.7 Å². The maximum Gasteiger partial charge on any atom is 0.254 e. The molecule has 0 saturated carbocycles. The topological polar surface area (TPSA) is 312 Å². The zero-order valence-electron chi connectivity index (χ0n) is 65.6. The first-order valence-corrected chi connectivity index (χ1v) is 40.8. The first-order valence-electron chi connectivity index (χ1n) is 38.2. The van der Waals surface area contributed by atoms with Crippen LogP contribution in [0.15, 0.2) is 153 Å². The summed E-state index contributed by atoms with van der Waals surface area (Å²) < 4.78 is 23.3. The minimum Gasteiger partial charge on any atom is -0.479 e. The summed E-state index contributed by atoms with van der Waals surface area (Å²) in [5.74, 6) is -0.125. The molecule has 0 radical (unpaired) electrons. The van der Waals surface area contributed by atoms with Gasteiger partial charge in [-0.3, -0.25) is 33.4 Å². The predicted octanol–water partition coefficient (Wildman–Crippen LogP) is 15.1. The molecule has 13 rings (SSSR count). The monoisotopic (exact) mass is 1600 g/mol. The zero-order valence-corrected chi connectivity index (χ0v) is 68.1. The Labute approximate surface area is 673 Å². The number of para-hydroxylation sites is 1. The van der Waals surface area contributed by atoms with Crippen LogP contribution in [0, 0.1) is 45.4 Å². The van der Waals surface area contributed by atoms with E-state index >= 15 is 0 Å². The number of thiazole rings is 3. The Hall–Kier alpha value is -9.90. The standard InChI is InChI=1S/C32H36N4O4S.C27H34N4O4S.C26H31N3O5S.CH4/c1-20(2)30(36-18-27(16-34-36)40-26-8-6-5-7-9-26)32(39)35-17-25(37)15-28(35)29(38)14-21(3)23-10-12-24(13-11-23)31-22(4)33-19-41-31;1-6-21(18-7-9-19(10-8-18)25-17(5)28-14-36-25)29-26(33)22-12-20(32)13-31(22)27(34)24(15(2)3)23-11-16(4)30-35-23;1-15(2)24(22-12-23(33-4)28-34-22)26(32)29-13-19(30)11-20(29)21(31)10-7-17-5-8-18(9-6-17)25-16(3)27-14-35-25;/h5-13,16,18-21,25,28,30,37H,14-15,17H2,1-4H3;7-11,14-15,20-22,24,32H,6,12-13H2,1-5H3,(H,29,33);5-6,8-9,12,14-15,19-20,24,30H,7,10-11,13H2,1-4H3;1H4/t21-,25-,28+,30+;20-,21+,22+,24-;19-,20+,24-;/m111./s1. The Kier molecular flexibility index (Phi) is 29.3. The number of β-amino-alcohol motifs (C(OH)–C–C–N with tert-alkyl or cyclic N) is 3. The molecule has 3 aliphatic rings. The van der Waals surface area contributed by atoms with Crippen LogP contribution in [0.5, 0.6) is 17.4 Å². The second-order valence-corrected chi connectivity index (χ2v) is 32.8. The number of aromatic nitrogens is 7. The first-order chi connectivity index (χ1) is 53.7. The normalized spacial score (nSPS) is 18.7. The fraction of sp³-hybridized carbons (Fsp3) is 0.442. The van der Waals surface area contributed by atoms with Crippen molar-refractivity contribution < 1.29 is 62.6 Å². The van der Waals surface area contributed by atoms with Crippen molar-refractivity contribution in [1.82, 2.24) is 55.1 Å². The number of amides is 4. The second-order valence-electron chi connectivity index (χ2n) is 30.3. The van der Waals surface area contributed by atoms with E-state index in [9.17, 15) is 44.1 Å². The molecule has 3 fully saturated rings. The van der Waals surface area contributed by atoms with Crippen LogP contribution in [0.1, 0.15) is 182 Å². The number of aliphatic hydroxyl groups excluding tert-OH is 3. The quantitative estimate of drug-likeness (QED) is 0.0372. The van der Waals surface area contributed by atoms with Gasteiger partial charge in [-0.15, -0.1) is 34.0 Å². The summed E-state index contributed by atoms with van der Waals surface area (Å²) in [5.41, 5.74) is 15.6. The molecular formula is C86H105N11O13S3. The Morgan fingerprint density at radius 2 is 1.04 bits per heavy atom. The van der Waals surface area contributed by atoms with Gasteiger partial charge in [0.25, 0.3) is 5.88 Å². The summed E-state index contributed by atoms with van der Waals surface area (Å²) in [5, 5.41) is 46.6. The summed E-state index contributed by atoms with van der Waals surface area (Å²) in [4.78, 5) is 102. The van der Waals surface area contributed by atoms with Gasteiger partial charge in [0.15, 0.2) is 23.1 Å². The molecule has 4 N–H and O–H groups in total. The molecule has 27 heteroatoms. The van der Waals surface area contributed by atoms with Crippen LogP contribution in [0.25, 0.3) is 31.3 Å². The lowest BCUT2D eigenvalue weighted by molar-refractivity contribution is -0.142. The largest absolute Gasteiger partial charge is 0.479 e. The number of aliphatic hydroxyl groups is 3. The summed E-state index contributed by atoms with van der Waals surface area (Å²) in [7, 11) is 1.48. The first kappa shape index (κ1) is 85.5. The van der Waals surface area contributed by atoms with E-state index in [2.05, 4.69) is 59.9 Å². The average molecular weight is 1600 g/mol. The zero-order chi connectivity index (χ0) is 80.2. The molecule has 9 heterocycles. The molecule has 3 aliphatic heterocycles. The molecule has 113 heavy (non-hydrogen) atoms. The Balaban J connectivity index is 0.000000180. The summed E-state index contributed by atoms with van der Waals surface area (Å²) in [6.07, 6.45) is 3.60. The molecule has 3 saturated heterocycles. The lowest BCUT2D eigenvalue weighted by atomic mass is 9.91. The Morgan fingerprint density at radius 1 is 0.566 bits per heavy atom. The third-order valence-electron chi connectivity index (χ3n) is 21.0. The van der Waals surface area contributed by atoms with E-state index in [0.717, 1.165) is 65.1 Å². The lowest BCUT2D eigenvalue weighted by Crippen LogP contribution is -2.48. The highest BCUT2D eigenvalue weighted by Crippen LogP contribution is 2.38. The van der Waals surface area contributed by atoms with Crippen molar-refractivity contribution in [3.63, 3.8) is 0 Å². The molecule has 4 aromatic carbocycles. The van der Waals surface area contributed by atoms with Gasteiger partial charge in [-0.05, 0) is 115 Å². The summed E-state index contributed by atoms with van der Waals surface area (Å²) in [6.45, 7) is 23.8. The van der Waals surface area contributed by atoms with Gasteiger partial charge >= 0.3 is 0 Å². The molecular weight excluding hydrogens is 1490 g/mol. The van der Waals surface area contributed by atoms with Crippen molar-refractivity contribution in [2.24, 2.45) is 17.8 Å². The summed E-state index contributed by atoms with van der Waals surface area (Å²) >= 11 is 4.82. The van der Waals surface area contributed by atoms with Gasteiger partial charge in [-0.1, -0.05) is 159 Å². The predicted molar refractivity (Wildman–Crippen MR) is 437 cm³/mol. The number of hydrogen-bond acceptors (Lipinski definition) is 22.